The standard InChI is InChI=1S/C11H17N3/c1-4-8(2)6-13-11-9(3)5-10(12)7-14-11/h5,7H,2,4,6,12H2,1,3H3,(H,13,14). The quantitative estimate of drug-likeness (QED) is 0.718. The zero-order chi connectivity index (χ0) is 10.6. The molecule has 0 aliphatic heterocycles. The van der Waals surface area contributed by atoms with Crippen LogP contribution in [-0.2, 0) is 0 Å². The zero-order valence-corrected chi connectivity index (χ0v) is 8.80. The maximum Gasteiger partial charge on any atom is 0.129 e. The van der Waals surface area contributed by atoms with Crippen molar-refractivity contribution in [2.75, 3.05) is 17.6 Å². The van der Waals surface area contributed by atoms with Gasteiger partial charge in [0.25, 0.3) is 0 Å². The van der Waals surface area contributed by atoms with E-state index in [1.54, 1.807) is 6.20 Å². The Hall–Kier alpha value is -1.51. The molecule has 0 atom stereocenters. The van der Waals surface area contributed by atoms with Crippen LogP contribution in [0.2, 0.25) is 0 Å². The summed E-state index contributed by atoms with van der Waals surface area (Å²) in [6, 6.07) is 1.91. The van der Waals surface area contributed by atoms with Crippen molar-refractivity contribution in [1.29, 1.82) is 0 Å². The van der Waals surface area contributed by atoms with Gasteiger partial charge >= 0.3 is 0 Å². The van der Waals surface area contributed by atoms with Gasteiger partial charge in [-0.25, -0.2) is 4.98 Å². The van der Waals surface area contributed by atoms with Gasteiger partial charge in [-0.3, -0.25) is 0 Å². The zero-order valence-electron chi connectivity index (χ0n) is 8.80. The number of rotatable bonds is 4. The Morgan fingerprint density at radius 3 is 2.93 bits per heavy atom. The van der Waals surface area contributed by atoms with E-state index in [1.807, 2.05) is 13.0 Å². The lowest BCUT2D eigenvalue weighted by molar-refractivity contribution is 1.04. The number of nitrogen functional groups attached to an aromatic ring is 1. The largest absolute Gasteiger partial charge is 0.397 e. The van der Waals surface area contributed by atoms with E-state index in [-0.39, 0.29) is 0 Å². The summed E-state index contributed by atoms with van der Waals surface area (Å²) in [4.78, 5) is 4.21. The van der Waals surface area contributed by atoms with Crippen molar-refractivity contribution in [1.82, 2.24) is 4.98 Å². The molecule has 0 aromatic carbocycles. The Labute approximate surface area is 85.0 Å². The Kier molecular flexibility index (Phi) is 3.51. The second kappa shape index (κ2) is 4.65. The third kappa shape index (κ3) is 2.76. The third-order valence-electron chi connectivity index (χ3n) is 2.11. The Morgan fingerprint density at radius 2 is 2.36 bits per heavy atom. The first-order chi connectivity index (χ1) is 6.63. The van der Waals surface area contributed by atoms with Crippen LogP contribution >= 0.6 is 0 Å². The highest BCUT2D eigenvalue weighted by molar-refractivity contribution is 5.51. The van der Waals surface area contributed by atoms with Gasteiger partial charge in [-0.05, 0) is 25.0 Å². The smallest absolute Gasteiger partial charge is 0.129 e. The van der Waals surface area contributed by atoms with E-state index in [0.29, 0.717) is 5.69 Å². The van der Waals surface area contributed by atoms with Crippen molar-refractivity contribution < 1.29 is 0 Å². The van der Waals surface area contributed by atoms with Crippen molar-refractivity contribution in [3.63, 3.8) is 0 Å². The van der Waals surface area contributed by atoms with Crippen molar-refractivity contribution >= 4 is 11.5 Å². The first kappa shape index (κ1) is 10.6. The fraction of sp³-hybridized carbons (Fsp3) is 0.364. The van der Waals surface area contributed by atoms with E-state index in [9.17, 15) is 0 Å². The molecule has 3 heteroatoms. The molecule has 3 N–H and O–H groups in total. The van der Waals surface area contributed by atoms with Gasteiger partial charge in [-0.2, -0.15) is 0 Å². The van der Waals surface area contributed by atoms with Crippen LogP contribution in [0.25, 0.3) is 0 Å². The summed E-state index contributed by atoms with van der Waals surface area (Å²) in [5, 5.41) is 3.22. The molecule has 0 bridgehead atoms. The minimum Gasteiger partial charge on any atom is -0.397 e. The summed E-state index contributed by atoms with van der Waals surface area (Å²) in [6.07, 6.45) is 2.64. The Bertz CT molecular complexity index is 331. The van der Waals surface area contributed by atoms with Gasteiger partial charge in [0, 0.05) is 6.54 Å². The fourth-order valence-electron chi connectivity index (χ4n) is 1.12. The highest BCUT2D eigenvalue weighted by Crippen LogP contribution is 2.14. The number of aryl methyl sites for hydroxylation is 1. The molecular formula is C11H17N3. The maximum absolute atomic E-state index is 5.60. The second-order valence-corrected chi connectivity index (χ2v) is 3.39. The first-order valence-corrected chi connectivity index (χ1v) is 4.76. The number of hydrogen-bond acceptors (Lipinski definition) is 3. The molecule has 1 aromatic heterocycles. The normalized spacial score (nSPS) is 9.86. The maximum atomic E-state index is 5.60. The van der Waals surface area contributed by atoms with E-state index < -0.39 is 0 Å². The number of nitrogens with zero attached hydrogens (tertiary/aromatic N) is 1. The molecule has 1 rings (SSSR count). The van der Waals surface area contributed by atoms with Crippen LogP contribution in [0, 0.1) is 6.92 Å². The molecule has 0 unspecified atom stereocenters. The molecule has 0 aliphatic rings. The average molecular weight is 191 g/mol. The SMILES string of the molecule is C=C(CC)CNc1ncc(N)cc1C. The number of pyridine rings is 1. The van der Waals surface area contributed by atoms with Gasteiger partial charge in [0.05, 0.1) is 11.9 Å². The molecule has 0 aliphatic carbocycles. The highest BCUT2D eigenvalue weighted by Gasteiger charge is 1.99. The van der Waals surface area contributed by atoms with Crippen LogP contribution < -0.4 is 11.1 Å². The number of nitrogens with one attached hydrogen (secondary N) is 1. The van der Waals surface area contributed by atoms with Gasteiger partial charge in [-0.15, -0.1) is 0 Å². The minimum absolute atomic E-state index is 0.697. The van der Waals surface area contributed by atoms with Crippen molar-refractivity contribution in [2.45, 2.75) is 20.3 Å². The summed E-state index contributed by atoms with van der Waals surface area (Å²) in [5.41, 5.74) is 8.53. The summed E-state index contributed by atoms with van der Waals surface area (Å²) >= 11 is 0. The number of aromatic nitrogens is 1. The van der Waals surface area contributed by atoms with Gasteiger partial charge in [0.1, 0.15) is 5.82 Å². The van der Waals surface area contributed by atoms with E-state index >= 15 is 0 Å². The van der Waals surface area contributed by atoms with Crippen molar-refractivity contribution in [2.24, 2.45) is 0 Å². The molecule has 76 valence electrons. The molecule has 0 amide bonds. The summed E-state index contributed by atoms with van der Waals surface area (Å²) < 4.78 is 0. The molecule has 0 saturated carbocycles. The summed E-state index contributed by atoms with van der Waals surface area (Å²) in [7, 11) is 0. The monoisotopic (exact) mass is 191 g/mol. The molecule has 14 heavy (non-hydrogen) atoms. The molecule has 0 radical (unpaired) electrons. The van der Waals surface area contributed by atoms with Crippen LogP contribution in [0.5, 0.6) is 0 Å². The third-order valence-corrected chi connectivity index (χ3v) is 2.11. The molecule has 1 heterocycles. The van der Waals surface area contributed by atoms with E-state index in [0.717, 1.165) is 24.3 Å². The molecule has 1 aromatic rings. The number of anilines is 2. The summed E-state index contributed by atoms with van der Waals surface area (Å²) in [5.74, 6) is 0.883. The van der Waals surface area contributed by atoms with Crippen molar-refractivity contribution in [3.8, 4) is 0 Å². The number of hydrogen-bond donors (Lipinski definition) is 2. The lowest BCUT2D eigenvalue weighted by Gasteiger charge is -2.09. The predicted molar refractivity (Wildman–Crippen MR) is 61.3 cm³/mol. The first-order valence-electron chi connectivity index (χ1n) is 4.76. The van der Waals surface area contributed by atoms with Gasteiger partial charge < -0.3 is 11.1 Å². The minimum atomic E-state index is 0.697. The Morgan fingerprint density at radius 1 is 1.64 bits per heavy atom. The lowest BCUT2D eigenvalue weighted by Crippen LogP contribution is -2.06. The lowest BCUT2D eigenvalue weighted by atomic mass is 10.2. The molecule has 3 nitrogen and oxygen atoms in total. The average Bonchev–Trinajstić information content (AvgIpc) is 2.16. The van der Waals surface area contributed by atoms with E-state index in [2.05, 4.69) is 23.8 Å². The molecule has 0 saturated heterocycles. The second-order valence-electron chi connectivity index (χ2n) is 3.39. The molecule has 0 spiro atoms. The van der Waals surface area contributed by atoms with Gasteiger partial charge in [-0.1, -0.05) is 19.1 Å². The van der Waals surface area contributed by atoms with Crippen LogP contribution in [0.4, 0.5) is 11.5 Å². The molecule has 0 fully saturated rings. The van der Waals surface area contributed by atoms with Gasteiger partial charge in [0.15, 0.2) is 0 Å². The van der Waals surface area contributed by atoms with Crippen LogP contribution in [0.1, 0.15) is 18.9 Å². The van der Waals surface area contributed by atoms with E-state index in [4.69, 9.17) is 5.73 Å². The van der Waals surface area contributed by atoms with Crippen LogP contribution in [0.15, 0.2) is 24.4 Å². The summed E-state index contributed by atoms with van der Waals surface area (Å²) in [6.45, 7) is 8.77. The fourth-order valence-corrected chi connectivity index (χ4v) is 1.12. The highest BCUT2D eigenvalue weighted by atomic mass is 15.0. The van der Waals surface area contributed by atoms with Gasteiger partial charge in [0.2, 0.25) is 0 Å². The Balaban J connectivity index is 2.63. The van der Waals surface area contributed by atoms with Crippen molar-refractivity contribution in [3.05, 3.63) is 30.0 Å². The number of nitrogens with two attached hydrogens (primary N) is 1. The molecular weight excluding hydrogens is 174 g/mol. The predicted octanol–water partition coefficient (Wildman–Crippen LogP) is 2.35. The van der Waals surface area contributed by atoms with Crippen LogP contribution in [0.3, 0.4) is 0 Å². The topological polar surface area (TPSA) is 50.9 Å². The van der Waals surface area contributed by atoms with Crippen LogP contribution in [-0.4, -0.2) is 11.5 Å². The van der Waals surface area contributed by atoms with E-state index in [1.165, 1.54) is 5.57 Å².